The summed E-state index contributed by atoms with van der Waals surface area (Å²) in [5.41, 5.74) is 0.930. The Hall–Kier alpha value is -2.98. The van der Waals surface area contributed by atoms with Crippen molar-refractivity contribution < 1.29 is 9.59 Å². The standard InChI is InChI=1S/C20H27N7O2S/c1-3-23-17-12-15(5-8-25-17)24-9-6-16-20(29)27(4-2)18(30-16)11-14(13-22)19(28)26-10-7-21/h5,8,12,14,16,18H,3-4,6,9-11H2,1-2H3,(H,26,28)(H2,23,24,25). The van der Waals surface area contributed by atoms with Gasteiger partial charge >= 0.3 is 0 Å². The number of amides is 2. The Morgan fingerprint density at radius 1 is 1.37 bits per heavy atom. The number of nitrogens with one attached hydrogen (secondary N) is 3. The lowest BCUT2D eigenvalue weighted by molar-refractivity contribution is -0.131. The first-order valence-corrected chi connectivity index (χ1v) is 10.9. The fraction of sp³-hybridized carbons (Fsp3) is 0.550. The number of rotatable bonds is 11. The van der Waals surface area contributed by atoms with Crippen molar-refractivity contribution in [3.8, 4) is 12.1 Å². The van der Waals surface area contributed by atoms with Gasteiger partial charge in [0, 0.05) is 44.0 Å². The number of hydrogen-bond donors (Lipinski definition) is 3. The molecular formula is C20H27N7O2S. The highest BCUT2D eigenvalue weighted by atomic mass is 32.2. The molecule has 1 aromatic heterocycles. The third-order valence-corrected chi connectivity index (χ3v) is 6.20. The molecule has 2 amide bonds. The number of hydrogen-bond acceptors (Lipinski definition) is 8. The summed E-state index contributed by atoms with van der Waals surface area (Å²) in [5.74, 6) is -0.534. The summed E-state index contributed by atoms with van der Waals surface area (Å²) >= 11 is 1.50. The van der Waals surface area contributed by atoms with E-state index in [1.54, 1.807) is 11.1 Å². The second-order valence-electron chi connectivity index (χ2n) is 6.67. The number of nitriles is 2. The van der Waals surface area contributed by atoms with E-state index < -0.39 is 11.8 Å². The summed E-state index contributed by atoms with van der Waals surface area (Å²) in [6, 6.07) is 7.62. The molecular weight excluding hydrogens is 402 g/mol. The average molecular weight is 430 g/mol. The maximum Gasteiger partial charge on any atom is 0.238 e. The zero-order chi connectivity index (χ0) is 21.9. The van der Waals surface area contributed by atoms with Gasteiger partial charge in [-0.15, -0.1) is 11.8 Å². The van der Waals surface area contributed by atoms with Crippen LogP contribution in [0.5, 0.6) is 0 Å². The van der Waals surface area contributed by atoms with Gasteiger partial charge in [0.1, 0.15) is 18.3 Å². The fourth-order valence-electron chi connectivity index (χ4n) is 3.22. The molecule has 3 atom stereocenters. The summed E-state index contributed by atoms with van der Waals surface area (Å²) in [7, 11) is 0. The lowest BCUT2D eigenvalue weighted by atomic mass is 10.1. The number of carbonyl (C=O) groups excluding carboxylic acids is 2. The lowest BCUT2D eigenvalue weighted by Crippen LogP contribution is -2.38. The van der Waals surface area contributed by atoms with Crippen LogP contribution in [0, 0.1) is 28.6 Å². The average Bonchev–Trinajstić information content (AvgIpc) is 3.05. The van der Waals surface area contributed by atoms with E-state index in [1.807, 2.05) is 38.1 Å². The van der Waals surface area contributed by atoms with Crippen molar-refractivity contribution in [2.24, 2.45) is 5.92 Å². The van der Waals surface area contributed by atoms with Crippen LogP contribution < -0.4 is 16.0 Å². The van der Waals surface area contributed by atoms with E-state index >= 15 is 0 Å². The van der Waals surface area contributed by atoms with Gasteiger partial charge < -0.3 is 20.9 Å². The maximum absolute atomic E-state index is 12.8. The summed E-state index contributed by atoms with van der Waals surface area (Å²) < 4.78 is 0. The van der Waals surface area contributed by atoms with Crippen molar-refractivity contribution in [3.63, 3.8) is 0 Å². The van der Waals surface area contributed by atoms with Gasteiger partial charge in [-0.1, -0.05) is 0 Å². The third kappa shape index (κ3) is 6.26. The Kier molecular flexibility index (Phi) is 9.23. The van der Waals surface area contributed by atoms with Gasteiger partial charge in [-0.25, -0.2) is 4.98 Å². The van der Waals surface area contributed by atoms with Crippen molar-refractivity contribution in [2.75, 3.05) is 36.8 Å². The van der Waals surface area contributed by atoms with Crippen molar-refractivity contribution in [3.05, 3.63) is 18.3 Å². The van der Waals surface area contributed by atoms with E-state index in [2.05, 4.69) is 20.9 Å². The molecule has 1 aliphatic rings. The topological polar surface area (TPSA) is 134 Å². The number of pyridine rings is 1. The summed E-state index contributed by atoms with van der Waals surface area (Å²) in [6.07, 6.45) is 2.61. The normalized spacial score (nSPS) is 18.9. The van der Waals surface area contributed by atoms with E-state index in [1.165, 1.54) is 11.8 Å². The van der Waals surface area contributed by atoms with E-state index in [0.29, 0.717) is 19.5 Å². The maximum atomic E-state index is 12.8. The van der Waals surface area contributed by atoms with Crippen molar-refractivity contribution in [2.45, 2.75) is 37.3 Å². The molecule has 3 unspecified atom stereocenters. The van der Waals surface area contributed by atoms with Crippen LogP contribution in [0.2, 0.25) is 0 Å². The highest BCUT2D eigenvalue weighted by Crippen LogP contribution is 2.36. The predicted molar refractivity (Wildman–Crippen MR) is 116 cm³/mol. The van der Waals surface area contributed by atoms with Crippen LogP contribution in [0.15, 0.2) is 18.3 Å². The Morgan fingerprint density at radius 3 is 2.83 bits per heavy atom. The zero-order valence-corrected chi connectivity index (χ0v) is 18.0. The highest BCUT2D eigenvalue weighted by Gasteiger charge is 2.40. The van der Waals surface area contributed by atoms with E-state index in [0.717, 1.165) is 18.1 Å². The first-order valence-electron chi connectivity index (χ1n) is 9.98. The molecule has 9 nitrogen and oxygen atoms in total. The Labute approximate surface area is 181 Å². The zero-order valence-electron chi connectivity index (χ0n) is 17.2. The van der Waals surface area contributed by atoms with Crippen LogP contribution in [0.1, 0.15) is 26.7 Å². The molecule has 0 spiro atoms. The van der Waals surface area contributed by atoms with E-state index in [9.17, 15) is 14.9 Å². The van der Waals surface area contributed by atoms with Gasteiger partial charge in [-0.3, -0.25) is 9.59 Å². The summed E-state index contributed by atoms with van der Waals surface area (Å²) in [5, 5.41) is 26.4. The Balaban J connectivity index is 1.92. The fourth-order valence-corrected chi connectivity index (χ4v) is 4.81. The van der Waals surface area contributed by atoms with Gasteiger partial charge in [0.2, 0.25) is 11.8 Å². The number of aromatic nitrogens is 1. The molecule has 1 aromatic rings. The molecule has 0 aromatic carbocycles. The summed E-state index contributed by atoms with van der Waals surface area (Å²) in [6.45, 7) is 5.69. The molecule has 0 radical (unpaired) electrons. The second kappa shape index (κ2) is 11.9. The van der Waals surface area contributed by atoms with E-state index in [4.69, 9.17) is 5.26 Å². The molecule has 1 aliphatic heterocycles. The van der Waals surface area contributed by atoms with Crippen molar-refractivity contribution in [1.29, 1.82) is 10.5 Å². The molecule has 30 heavy (non-hydrogen) atoms. The smallest absolute Gasteiger partial charge is 0.238 e. The van der Waals surface area contributed by atoms with Crippen LogP contribution in [0.3, 0.4) is 0 Å². The Morgan fingerprint density at radius 2 is 2.17 bits per heavy atom. The number of thioether (sulfide) groups is 1. The molecule has 3 N–H and O–H groups in total. The van der Waals surface area contributed by atoms with Crippen LogP contribution in [0.4, 0.5) is 11.5 Å². The van der Waals surface area contributed by atoms with Crippen LogP contribution in [-0.2, 0) is 9.59 Å². The number of carbonyl (C=O) groups is 2. The minimum atomic E-state index is -0.893. The summed E-state index contributed by atoms with van der Waals surface area (Å²) in [4.78, 5) is 30.8. The van der Waals surface area contributed by atoms with Gasteiger partial charge in [0.15, 0.2) is 0 Å². The van der Waals surface area contributed by atoms with Crippen molar-refractivity contribution >= 4 is 35.1 Å². The molecule has 2 rings (SSSR count). The van der Waals surface area contributed by atoms with E-state index in [-0.39, 0.29) is 29.5 Å². The van der Waals surface area contributed by atoms with Gasteiger partial charge in [-0.05, 0) is 26.3 Å². The monoisotopic (exact) mass is 429 g/mol. The molecule has 0 aliphatic carbocycles. The van der Waals surface area contributed by atoms with Gasteiger partial charge in [-0.2, -0.15) is 10.5 Å². The first-order chi connectivity index (χ1) is 14.5. The van der Waals surface area contributed by atoms with Crippen LogP contribution in [0.25, 0.3) is 0 Å². The minimum Gasteiger partial charge on any atom is -0.385 e. The van der Waals surface area contributed by atoms with Gasteiger partial charge in [0.25, 0.3) is 0 Å². The number of anilines is 2. The second-order valence-corrected chi connectivity index (χ2v) is 8.06. The molecule has 0 bridgehead atoms. The van der Waals surface area contributed by atoms with Gasteiger partial charge in [0.05, 0.1) is 22.8 Å². The highest BCUT2D eigenvalue weighted by molar-refractivity contribution is 8.01. The number of nitrogens with zero attached hydrogens (tertiary/aromatic N) is 4. The molecule has 1 fully saturated rings. The minimum absolute atomic E-state index is 0.0338. The molecule has 10 heteroatoms. The van der Waals surface area contributed by atoms with Crippen LogP contribution >= 0.6 is 11.8 Å². The van der Waals surface area contributed by atoms with Crippen molar-refractivity contribution in [1.82, 2.24) is 15.2 Å². The predicted octanol–water partition coefficient (Wildman–Crippen LogP) is 1.78. The van der Waals surface area contributed by atoms with Crippen LogP contribution in [-0.4, -0.2) is 58.5 Å². The largest absolute Gasteiger partial charge is 0.385 e. The molecule has 1 saturated heterocycles. The Bertz CT molecular complexity index is 820. The molecule has 160 valence electrons. The molecule has 0 saturated carbocycles. The SMILES string of the molecule is CCNc1cc(NCCC2SC(CC(C#N)C(=O)NCC#N)N(CC)C2=O)ccn1. The lowest BCUT2D eigenvalue weighted by Gasteiger charge is -2.23. The third-order valence-electron chi connectivity index (χ3n) is 4.67. The molecule has 2 heterocycles. The quantitative estimate of drug-likeness (QED) is 0.453. The first kappa shape index (κ1) is 23.3.